The second-order valence-electron chi connectivity index (χ2n) is 4.25. The van der Waals surface area contributed by atoms with E-state index < -0.39 is 23.4 Å². The predicted molar refractivity (Wildman–Crippen MR) is 73.3 cm³/mol. The van der Waals surface area contributed by atoms with Gasteiger partial charge in [0, 0.05) is 12.6 Å². The number of amides is 2. The van der Waals surface area contributed by atoms with Gasteiger partial charge in [0.1, 0.15) is 11.6 Å². The van der Waals surface area contributed by atoms with Gasteiger partial charge in [0.15, 0.2) is 0 Å². The van der Waals surface area contributed by atoms with Crippen molar-refractivity contribution in [3.8, 4) is 0 Å². The van der Waals surface area contributed by atoms with Crippen LogP contribution in [0, 0.1) is 11.6 Å². The van der Waals surface area contributed by atoms with Gasteiger partial charge in [-0.05, 0) is 17.7 Å². The van der Waals surface area contributed by atoms with Gasteiger partial charge in [0.05, 0.1) is 5.69 Å². The van der Waals surface area contributed by atoms with E-state index in [1.807, 2.05) is 11.4 Å². The summed E-state index contributed by atoms with van der Waals surface area (Å²) in [5, 5.41) is 4.41. The maximum Gasteiger partial charge on any atom is 0.313 e. The second-order valence-corrected chi connectivity index (χ2v) is 4.25. The van der Waals surface area contributed by atoms with E-state index in [1.165, 1.54) is 0 Å². The molecule has 2 N–H and O–H groups in total. The molecule has 2 aromatic rings. The Bertz CT molecular complexity index is 660. The Morgan fingerprint density at radius 2 is 1.67 bits per heavy atom. The fourth-order valence-corrected chi connectivity index (χ4v) is 1.63. The van der Waals surface area contributed by atoms with Crippen LogP contribution >= 0.6 is 0 Å². The molecule has 6 heteroatoms. The fraction of sp³-hybridized carbons (Fsp3) is 0.0667. The summed E-state index contributed by atoms with van der Waals surface area (Å²) < 4.78 is 26.3. The molecule has 0 spiro atoms. The van der Waals surface area contributed by atoms with Crippen LogP contribution in [0.4, 0.5) is 14.5 Å². The van der Waals surface area contributed by atoms with E-state index in [2.05, 4.69) is 5.32 Å². The number of nitrogens with one attached hydrogen (secondary N) is 2. The van der Waals surface area contributed by atoms with Crippen molar-refractivity contribution in [1.82, 2.24) is 5.32 Å². The van der Waals surface area contributed by atoms with Gasteiger partial charge in [-0.2, -0.15) is 0 Å². The topological polar surface area (TPSA) is 58.2 Å². The van der Waals surface area contributed by atoms with E-state index >= 15 is 0 Å². The van der Waals surface area contributed by atoms with Crippen LogP contribution in [0.2, 0.25) is 0 Å². The lowest BCUT2D eigenvalue weighted by molar-refractivity contribution is -0.136. The number of benzene rings is 2. The van der Waals surface area contributed by atoms with Gasteiger partial charge < -0.3 is 10.6 Å². The summed E-state index contributed by atoms with van der Waals surface area (Å²) in [7, 11) is 0. The minimum absolute atomic E-state index is 0.165. The zero-order valence-corrected chi connectivity index (χ0v) is 10.9. The Morgan fingerprint density at radius 3 is 2.38 bits per heavy atom. The normalized spacial score (nSPS) is 10.0. The summed E-state index contributed by atoms with van der Waals surface area (Å²) in [5.74, 6) is -3.52. The largest absolute Gasteiger partial charge is 0.344 e. The van der Waals surface area contributed by atoms with Crippen LogP contribution in [0.5, 0.6) is 0 Å². The highest BCUT2D eigenvalue weighted by molar-refractivity contribution is 6.39. The van der Waals surface area contributed by atoms with E-state index in [0.29, 0.717) is 0 Å². The smallest absolute Gasteiger partial charge is 0.313 e. The highest BCUT2D eigenvalue weighted by Gasteiger charge is 2.15. The van der Waals surface area contributed by atoms with Gasteiger partial charge in [-0.1, -0.05) is 30.3 Å². The highest BCUT2D eigenvalue weighted by Crippen LogP contribution is 2.14. The highest BCUT2D eigenvalue weighted by atomic mass is 19.1. The number of halogens is 2. The summed E-state index contributed by atoms with van der Waals surface area (Å²) >= 11 is 0. The van der Waals surface area contributed by atoms with Crippen LogP contribution in [0.25, 0.3) is 0 Å². The molecule has 0 unspecified atom stereocenters. The Morgan fingerprint density at radius 1 is 0.952 bits per heavy atom. The van der Waals surface area contributed by atoms with Gasteiger partial charge in [-0.15, -0.1) is 0 Å². The van der Waals surface area contributed by atoms with Crippen LogP contribution in [0.3, 0.4) is 0 Å². The van der Waals surface area contributed by atoms with Crippen molar-refractivity contribution < 1.29 is 18.4 Å². The van der Waals surface area contributed by atoms with Crippen LogP contribution < -0.4 is 10.6 Å². The van der Waals surface area contributed by atoms with E-state index in [-0.39, 0.29) is 12.2 Å². The fourth-order valence-electron chi connectivity index (χ4n) is 1.63. The molecule has 0 radical (unpaired) electrons. The first-order valence-corrected chi connectivity index (χ1v) is 6.14. The zero-order chi connectivity index (χ0) is 15.2. The van der Waals surface area contributed by atoms with Crippen LogP contribution in [0.1, 0.15) is 5.56 Å². The van der Waals surface area contributed by atoms with Crippen LogP contribution in [-0.4, -0.2) is 11.8 Å². The van der Waals surface area contributed by atoms with Crippen molar-refractivity contribution in [1.29, 1.82) is 0 Å². The van der Waals surface area contributed by atoms with Crippen molar-refractivity contribution >= 4 is 17.5 Å². The molecular weight excluding hydrogens is 278 g/mol. The van der Waals surface area contributed by atoms with E-state index in [1.54, 1.807) is 24.3 Å². The summed E-state index contributed by atoms with van der Waals surface area (Å²) in [6.45, 7) is 0.165. The van der Waals surface area contributed by atoms with Gasteiger partial charge >= 0.3 is 11.8 Å². The van der Waals surface area contributed by atoms with Crippen LogP contribution in [-0.2, 0) is 16.1 Å². The van der Waals surface area contributed by atoms with Crippen molar-refractivity contribution in [3.63, 3.8) is 0 Å². The summed E-state index contributed by atoms with van der Waals surface area (Å²) in [6.07, 6.45) is 0. The molecule has 2 rings (SSSR count). The van der Waals surface area contributed by atoms with Crippen LogP contribution in [0.15, 0.2) is 48.5 Å². The Hall–Kier alpha value is -2.76. The minimum atomic E-state index is -1.06. The lowest BCUT2D eigenvalue weighted by Crippen LogP contribution is -2.35. The molecule has 0 atom stereocenters. The molecule has 0 saturated carbocycles. The number of hydrogen-bond acceptors (Lipinski definition) is 2. The minimum Gasteiger partial charge on any atom is -0.344 e. The average molecular weight is 290 g/mol. The quantitative estimate of drug-likeness (QED) is 0.852. The molecule has 21 heavy (non-hydrogen) atoms. The Labute approximate surface area is 119 Å². The lowest BCUT2D eigenvalue weighted by Gasteiger charge is -2.07. The van der Waals surface area contributed by atoms with E-state index in [0.717, 1.165) is 23.8 Å². The third-order valence-electron chi connectivity index (χ3n) is 2.68. The molecule has 0 fully saturated rings. The standard InChI is InChI=1S/C15H12F2N2O2/c16-11-6-7-12(17)13(8-11)19-15(21)14(20)18-9-10-4-2-1-3-5-10/h1-8H,9H2,(H,18,20)(H,19,21). The van der Waals surface area contributed by atoms with E-state index in [4.69, 9.17) is 0 Å². The number of rotatable bonds is 3. The monoisotopic (exact) mass is 290 g/mol. The Balaban J connectivity index is 1.94. The second kappa shape index (κ2) is 6.60. The van der Waals surface area contributed by atoms with Crippen molar-refractivity contribution in [3.05, 3.63) is 65.7 Å². The zero-order valence-electron chi connectivity index (χ0n) is 10.9. The van der Waals surface area contributed by atoms with Gasteiger partial charge in [-0.3, -0.25) is 9.59 Å². The summed E-state index contributed by atoms with van der Waals surface area (Å²) in [5.41, 5.74) is 0.436. The number of hydrogen-bond donors (Lipinski definition) is 2. The molecule has 0 heterocycles. The molecule has 4 nitrogen and oxygen atoms in total. The molecule has 0 aliphatic heterocycles. The average Bonchev–Trinajstić information content (AvgIpc) is 2.49. The van der Waals surface area contributed by atoms with Crippen molar-refractivity contribution in [2.75, 3.05) is 5.32 Å². The molecule has 0 aliphatic rings. The van der Waals surface area contributed by atoms with Gasteiger partial charge in [0.2, 0.25) is 0 Å². The molecule has 0 aromatic heterocycles. The molecule has 0 aliphatic carbocycles. The van der Waals surface area contributed by atoms with Crippen molar-refractivity contribution in [2.24, 2.45) is 0 Å². The molecule has 0 bridgehead atoms. The maximum atomic E-state index is 13.3. The summed E-state index contributed by atoms with van der Waals surface area (Å²) in [6, 6.07) is 11.6. The number of carbonyl (C=O) groups is 2. The number of anilines is 1. The first-order chi connectivity index (χ1) is 10.1. The van der Waals surface area contributed by atoms with Crippen molar-refractivity contribution in [2.45, 2.75) is 6.54 Å². The molecule has 2 amide bonds. The molecule has 0 saturated heterocycles. The molecule has 108 valence electrons. The van der Waals surface area contributed by atoms with Gasteiger partial charge in [0.25, 0.3) is 0 Å². The third kappa shape index (κ3) is 4.10. The molecular formula is C15H12F2N2O2. The Kier molecular flexibility index (Phi) is 4.61. The third-order valence-corrected chi connectivity index (χ3v) is 2.68. The predicted octanol–water partition coefficient (Wildman–Crippen LogP) is 2.22. The summed E-state index contributed by atoms with van der Waals surface area (Å²) in [4.78, 5) is 23.2. The first kappa shape index (κ1) is 14.6. The molecule has 2 aromatic carbocycles. The van der Waals surface area contributed by atoms with Gasteiger partial charge in [-0.25, -0.2) is 8.78 Å². The van der Waals surface area contributed by atoms with E-state index in [9.17, 15) is 18.4 Å². The first-order valence-electron chi connectivity index (χ1n) is 6.14. The lowest BCUT2D eigenvalue weighted by atomic mass is 10.2. The SMILES string of the molecule is O=C(NCc1ccccc1)C(=O)Nc1cc(F)ccc1F. The maximum absolute atomic E-state index is 13.3. The number of carbonyl (C=O) groups excluding carboxylic acids is 2.